The molecule has 3 N–H and O–H groups in total. The highest BCUT2D eigenvalue weighted by molar-refractivity contribution is 5.39. The van der Waals surface area contributed by atoms with Gasteiger partial charge in [0.15, 0.2) is 0 Å². The highest BCUT2D eigenvalue weighted by atomic mass is 19.1. The van der Waals surface area contributed by atoms with Crippen LogP contribution in [0.2, 0.25) is 0 Å². The summed E-state index contributed by atoms with van der Waals surface area (Å²) in [7, 11) is 0. The number of hydrogen-bond donors (Lipinski definition) is 2. The van der Waals surface area contributed by atoms with Crippen molar-refractivity contribution in [3.63, 3.8) is 0 Å². The first-order valence-corrected chi connectivity index (χ1v) is 4.40. The third kappa shape index (κ3) is 1.29. The Kier molecular flexibility index (Phi) is 1.77. The Labute approximate surface area is 76.2 Å². The van der Waals surface area contributed by atoms with Gasteiger partial charge < -0.3 is 10.8 Å². The maximum Gasteiger partial charge on any atom is 0.123 e. The third-order valence-electron chi connectivity index (χ3n) is 2.74. The van der Waals surface area contributed by atoms with Gasteiger partial charge in [0, 0.05) is 11.1 Å². The van der Waals surface area contributed by atoms with Crippen molar-refractivity contribution in [2.75, 3.05) is 0 Å². The molecule has 1 fully saturated rings. The van der Waals surface area contributed by atoms with E-state index in [1.807, 2.05) is 0 Å². The summed E-state index contributed by atoms with van der Waals surface area (Å²) in [6, 6.07) is 3.92. The summed E-state index contributed by atoms with van der Waals surface area (Å²) in [4.78, 5) is 0. The Morgan fingerprint density at radius 2 is 2.08 bits per heavy atom. The number of halogens is 1. The van der Waals surface area contributed by atoms with Gasteiger partial charge in [-0.1, -0.05) is 0 Å². The number of rotatable bonds is 1. The third-order valence-corrected chi connectivity index (χ3v) is 2.74. The van der Waals surface area contributed by atoms with Crippen molar-refractivity contribution in [2.45, 2.75) is 24.8 Å². The first-order valence-electron chi connectivity index (χ1n) is 4.40. The SMILES string of the molecule is NC1(c2cc(F)ccc2O)CCC1. The number of hydrogen-bond acceptors (Lipinski definition) is 2. The second kappa shape index (κ2) is 2.70. The summed E-state index contributed by atoms with van der Waals surface area (Å²) in [5.41, 5.74) is 6.01. The quantitative estimate of drug-likeness (QED) is 0.694. The van der Waals surface area contributed by atoms with Crippen LogP contribution in [0.3, 0.4) is 0 Å². The highest BCUT2D eigenvalue weighted by Gasteiger charge is 2.36. The average Bonchev–Trinajstić information content (AvgIpc) is 2.05. The van der Waals surface area contributed by atoms with E-state index >= 15 is 0 Å². The molecule has 0 aromatic heterocycles. The van der Waals surface area contributed by atoms with Gasteiger partial charge >= 0.3 is 0 Å². The molecular formula is C10H12FNO. The molecule has 1 aromatic rings. The lowest BCUT2D eigenvalue weighted by Gasteiger charge is -2.38. The second-order valence-corrected chi connectivity index (χ2v) is 3.67. The molecule has 0 bridgehead atoms. The van der Waals surface area contributed by atoms with Crippen molar-refractivity contribution >= 4 is 0 Å². The molecule has 0 aliphatic heterocycles. The molecule has 1 aliphatic carbocycles. The van der Waals surface area contributed by atoms with Gasteiger partial charge in [-0.2, -0.15) is 0 Å². The van der Waals surface area contributed by atoms with Crippen molar-refractivity contribution in [3.05, 3.63) is 29.6 Å². The summed E-state index contributed by atoms with van der Waals surface area (Å²) >= 11 is 0. The van der Waals surface area contributed by atoms with Crippen LogP contribution in [0.25, 0.3) is 0 Å². The lowest BCUT2D eigenvalue weighted by Crippen LogP contribution is -2.43. The van der Waals surface area contributed by atoms with E-state index in [0.29, 0.717) is 5.56 Å². The van der Waals surface area contributed by atoms with Gasteiger partial charge in [0.25, 0.3) is 0 Å². The summed E-state index contributed by atoms with van der Waals surface area (Å²) < 4.78 is 12.9. The van der Waals surface area contributed by atoms with Gasteiger partial charge in [0.05, 0.1) is 0 Å². The molecule has 0 spiro atoms. The first-order chi connectivity index (χ1) is 6.12. The van der Waals surface area contributed by atoms with Crippen molar-refractivity contribution in [1.29, 1.82) is 0 Å². The fourth-order valence-electron chi connectivity index (χ4n) is 1.73. The van der Waals surface area contributed by atoms with E-state index in [1.54, 1.807) is 0 Å². The maximum atomic E-state index is 12.9. The summed E-state index contributed by atoms with van der Waals surface area (Å²) in [6.45, 7) is 0. The Morgan fingerprint density at radius 1 is 1.38 bits per heavy atom. The minimum atomic E-state index is -0.494. The van der Waals surface area contributed by atoms with Crippen LogP contribution in [0.15, 0.2) is 18.2 Å². The topological polar surface area (TPSA) is 46.2 Å². The molecule has 0 saturated heterocycles. The van der Waals surface area contributed by atoms with Crippen LogP contribution in [-0.2, 0) is 5.54 Å². The molecule has 0 unspecified atom stereocenters. The summed E-state index contributed by atoms with van der Waals surface area (Å²) in [6.07, 6.45) is 2.69. The van der Waals surface area contributed by atoms with Gasteiger partial charge in [0.2, 0.25) is 0 Å². The maximum absolute atomic E-state index is 12.9. The van der Waals surface area contributed by atoms with Gasteiger partial charge in [0.1, 0.15) is 11.6 Å². The van der Waals surface area contributed by atoms with E-state index in [1.165, 1.54) is 18.2 Å². The van der Waals surface area contributed by atoms with Gasteiger partial charge in [-0.05, 0) is 37.5 Å². The van der Waals surface area contributed by atoms with Gasteiger partial charge in [-0.25, -0.2) is 4.39 Å². The summed E-state index contributed by atoms with van der Waals surface area (Å²) in [5.74, 6) is -0.242. The molecule has 70 valence electrons. The van der Waals surface area contributed by atoms with Crippen molar-refractivity contribution in [3.8, 4) is 5.75 Å². The van der Waals surface area contributed by atoms with Crippen LogP contribution in [0.1, 0.15) is 24.8 Å². The highest BCUT2D eigenvalue weighted by Crippen LogP contribution is 2.42. The molecule has 2 rings (SSSR count). The predicted octanol–water partition coefficient (Wildman–Crippen LogP) is 1.87. The first kappa shape index (κ1) is 8.51. The molecule has 13 heavy (non-hydrogen) atoms. The van der Waals surface area contributed by atoms with Crippen molar-refractivity contribution in [1.82, 2.24) is 0 Å². The van der Waals surface area contributed by atoms with Crippen LogP contribution < -0.4 is 5.73 Å². The normalized spacial score (nSPS) is 19.5. The molecule has 3 heteroatoms. The zero-order chi connectivity index (χ0) is 9.47. The van der Waals surface area contributed by atoms with Crippen LogP contribution >= 0.6 is 0 Å². The van der Waals surface area contributed by atoms with Crippen LogP contribution in [0, 0.1) is 5.82 Å². The Morgan fingerprint density at radius 3 is 2.62 bits per heavy atom. The Bertz CT molecular complexity index is 334. The molecule has 1 aromatic carbocycles. The number of benzene rings is 1. The van der Waals surface area contributed by atoms with Crippen LogP contribution in [0.5, 0.6) is 5.75 Å². The number of phenolic OH excluding ortho intramolecular Hbond substituents is 1. The van der Waals surface area contributed by atoms with Gasteiger partial charge in [-0.3, -0.25) is 0 Å². The predicted molar refractivity (Wildman–Crippen MR) is 47.8 cm³/mol. The Balaban J connectivity index is 2.43. The monoisotopic (exact) mass is 181 g/mol. The number of nitrogens with two attached hydrogens (primary N) is 1. The van der Waals surface area contributed by atoms with E-state index in [9.17, 15) is 9.50 Å². The molecule has 2 nitrogen and oxygen atoms in total. The van der Waals surface area contributed by atoms with E-state index in [-0.39, 0.29) is 11.6 Å². The Hall–Kier alpha value is -1.09. The minimum Gasteiger partial charge on any atom is -0.508 e. The van der Waals surface area contributed by atoms with Crippen LogP contribution in [-0.4, -0.2) is 5.11 Å². The van der Waals surface area contributed by atoms with Crippen molar-refractivity contribution in [2.24, 2.45) is 5.73 Å². The minimum absolute atomic E-state index is 0.101. The van der Waals surface area contributed by atoms with E-state index in [0.717, 1.165) is 19.3 Å². The summed E-state index contributed by atoms with van der Waals surface area (Å²) in [5, 5.41) is 9.49. The number of aromatic hydroxyl groups is 1. The zero-order valence-corrected chi connectivity index (χ0v) is 7.26. The molecule has 0 amide bonds. The lowest BCUT2D eigenvalue weighted by atomic mass is 9.72. The molecule has 0 heterocycles. The average molecular weight is 181 g/mol. The number of phenols is 1. The second-order valence-electron chi connectivity index (χ2n) is 3.67. The smallest absolute Gasteiger partial charge is 0.123 e. The van der Waals surface area contributed by atoms with Crippen molar-refractivity contribution < 1.29 is 9.50 Å². The van der Waals surface area contributed by atoms with Gasteiger partial charge in [-0.15, -0.1) is 0 Å². The van der Waals surface area contributed by atoms with E-state index in [4.69, 9.17) is 5.73 Å². The van der Waals surface area contributed by atoms with E-state index < -0.39 is 5.54 Å². The largest absolute Gasteiger partial charge is 0.508 e. The molecule has 0 atom stereocenters. The molecule has 0 radical (unpaired) electrons. The molecule has 1 saturated carbocycles. The molecular weight excluding hydrogens is 169 g/mol. The fourth-order valence-corrected chi connectivity index (χ4v) is 1.73. The fraction of sp³-hybridized carbons (Fsp3) is 0.400. The zero-order valence-electron chi connectivity index (χ0n) is 7.26. The standard InChI is InChI=1S/C10H12FNO/c11-7-2-3-9(13)8(6-7)10(12)4-1-5-10/h2-3,6,13H,1,4-5,12H2. The van der Waals surface area contributed by atoms with E-state index in [2.05, 4.69) is 0 Å². The lowest BCUT2D eigenvalue weighted by molar-refractivity contribution is 0.244. The molecule has 1 aliphatic rings. The van der Waals surface area contributed by atoms with Crippen LogP contribution in [0.4, 0.5) is 4.39 Å².